The van der Waals surface area contributed by atoms with E-state index in [2.05, 4.69) is 0 Å². The molecule has 0 amide bonds. The number of halogens is 4. The smallest absolute Gasteiger partial charge is 0.478 e. The highest BCUT2D eigenvalue weighted by atomic mass is 35.5. The van der Waals surface area contributed by atoms with Crippen molar-refractivity contribution in [3.05, 3.63) is 28.8 Å². The zero-order valence-electron chi connectivity index (χ0n) is 11.7. The number of carboxylic acids is 1. The molecule has 0 bridgehead atoms. The quantitative estimate of drug-likeness (QED) is 0.478. The van der Waals surface area contributed by atoms with Gasteiger partial charge < -0.3 is 5.11 Å². The maximum atomic E-state index is 10.7. The number of alkyl halides is 3. The second-order valence-electron chi connectivity index (χ2n) is 4.90. The van der Waals surface area contributed by atoms with E-state index in [-0.39, 0.29) is 10.6 Å². The van der Waals surface area contributed by atoms with Gasteiger partial charge in [-0.15, -0.1) is 0 Å². The number of aromatic carboxylic acids is 1. The summed E-state index contributed by atoms with van der Waals surface area (Å²) in [5, 5.41) is 9.05. The second kappa shape index (κ2) is 6.82. The number of hydrogen-bond donors (Lipinski definition) is 2. The summed E-state index contributed by atoms with van der Waals surface area (Å²) in [6.45, 7) is 0. The molecule has 0 atom stereocenters. The molecule has 0 fully saturated rings. The van der Waals surface area contributed by atoms with E-state index in [1.807, 2.05) is 21.1 Å². The van der Waals surface area contributed by atoms with Crippen LogP contribution >= 0.6 is 11.6 Å². The van der Waals surface area contributed by atoms with Gasteiger partial charge in [-0.2, -0.15) is 21.6 Å². The summed E-state index contributed by atoms with van der Waals surface area (Å²) in [6, 6.07) is 4.99. The highest BCUT2D eigenvalue weighted by Gasteiger charge is 2.44. The van der Waals surface area contributed by atoms with Gasteiger partial charge in [-0.1, -0.05) is 11.6 Å². The van der Waals surface area contributed by atoms with E-state index >= 15 is 0 Å². The summed E-state index contributed by atoms with van der Waals surface area (Å²) in [4.78, 5) is 10.7. The Hall–Kier alpha value is -1.36. The monoisotopic (exact) mass is 364 g/mol. The Balaban J connectivity index is 0.000000472. The first kappa shape index (κ1) is 20.6. The molecule has 0 saturated carbocycles. The van der Waals surface area contributed by atoms with Crippen molar-refractivity contribution < 1.29 is 36.0 Å². The van der Waals surface area contributed by atoms with Gasteiger partial charge >= 0.3 is 21.6 Å². The van der Waals surface area contributed by atoms with Gasteiger partial charge in [0.25, 0.3) is 0 Å². The van der Waals surface area contributed by atoms with E-state index in [0.717, 1.165) is 5.69 Å². The number of carbonyl (C=O) groups is 1. The summed E-state index contributed by atoms with van der Waals surface area (Å²) in [5.41, 5.74) is -4.42. The molecular formula is C11H14ClF3NO5S+. The minimum atomic E-state index is -5.84. The Morgan fingerprint density at radius 3 is 1.86 bits per heavy atom. The molecular weight excluding hydrogens is 351 g/mol. The summed E-state index contributed by atoms with van der Waals surface area (Å²) >= 11 is 5.84. The van der Waals surface area contributed by atoms with E-state index in [1.165, 1.54) is 6.07 Å². The third-order valence-corrected chi connectivity index (χ3v) is 3.15. The first-order chi connectivity index (χ1) is 9.57. The Morgan fingerprint density at radius 1 is 1.23 bits per heavy atom. The average Bonchev–Trinajstić information content (AvgIpc) is 2.25. The van der Waals surface area contributed by atoms with Gasteiger partial charge in [0.2, 0.25) is 0 Å². The van der Waals surface area contributed by atoms with Gasteiger partial charge in [0.15, 0.2) is 0 Å². The van der Waals surface area contributed by atoms with Gasteiger partial charge in [-0.3, -0.25) is 9.04 Å². The molecule has 2 N–H and O–H groups in total. The Kier molecular flexibility index (Phi) is 6.40. The van der Waals surface area contributed by atoms with Crippen LogP contribution in [-0.2, 0) is 10.1 Å². The van der Waals surface area contributed by atoms with Crippen molar-refractivity contribution in [3.63, 3.8) is 0 Å². The van der Waals surface area contributed by atoms with Gasteiger partial charge in [0.05, 0.1) is 31.7 Å². The van der Waals surface area contributed by atoms with E-state index < -0.39 is 21.6 Å². The first-order valence-corrected chi connectivity index (χ1v) is 7.28. The van der Waals surface area contributed by atoms with Crippen LogP contribution in [0.25, 0.3) is 0 Å². The molecule has 0 saturated heterocycles. The highest BCUT2D eigenvalue weighted by molar-refractivity contribution is 7.86. The lowest BCUT2D eigenvalue weighted by Crippen LogP contribution is -2.34. The van der Waals surface area contributed by atoms with Crippen molar-refractivity contribution in [1.29, 1.82) is 0 Å². The molecule has 0 aromatic heterocycles. The lowest BCUT2D eigenvalue weighted by Gasteiger charge is -2.23. The Labute approximate surface area is 130 Å². The van der Waals surface area contributed by atoms with E-state index in [4.69, 9.17) is 29.7 Å². The second-order valence-corrected chi connectivity index (χ2v) is 6.72. The van der Waals surface area contributed by atoms with Crippen molar-refractivity contribution in [2.45, 2.75) is 5.51 Å². The maximum Gasteiger partial charge on any atom is 0.522 e. The van der Waals surface area contributed by atoms with Crippen LogP contribution in [0.3, 0.4) is 0 Å². The average molecular weight is 365 g/mol. The number of rotatable bonds is 2. The fraction of sp³-hybridized carbons (Fsp3) is 0.364. The van der Waals surface area contributed by atoms with Crippen LogP contribution in [0.15, 0.2) is 18.2 Å². The highest BCUT2D eigenvalue weighted by Crippen LogP contribution is 2.25. The largest absolute Gasteiger partial charge is 0.522 e. The molecule has 6 nitrogen and oxygen atoms in total. The molecule has 0 aliphatic rings. The van der Waals surface area contributed by atoms with Crippen molar-refractivity contribution in [3.8, 4) is 0 Å². The van der Waals surface area contributed by atoms with Crippen LogP contribution in [0.5, 0.6) is 0 Å². The van der Waals surface area contributed by atoms with Crippen LogP contribution in [0.2, 0.25) is 5.02 Å². The molecule has 1 aromatic rings. The predicted octanol–water partition coefficient (Wildman–Crippen LogP) is 2.63. The molecule has 0 unspecified atom stereocenters. The van der Waals surface area contributed by atoms with Gasteiger partial charge in [-0.05, 0) is 6.07 Å². The molecule has 22 heavy (non-hydrogen) atoms. The third kappa shape index (κ3) is 6.18. The topological polar surface area (TPSA) is 91.7 Å². The number of carboxylic acid groups (broad SMARTS) is 1. The summed E-state index contributed by atoms with van der Waals surface area (Å²) in [7, 11) is 0.136. The minimum Gasteiger partial charge on any atom is -0.478 e. The van der Waals surface area contributed by atoms with E-state index in [9.17, 15) is 18.0 Å². The SMILES string of the molecule is C[N+](C)(C)c1ccc(C(=O)O)c(Cl)c1.O=S(=O)(O)C(F)(F)F. The van der Waals surface area contributed by atoms with Gasteiger partial charge in [-0.25, -0.2) is 4.79 Å². The van der Waals surface area contributed by atoms with Gasteiger partial charge in [0.1, 0.15) is 5.69 Å². The summed E-state index contributed by atoms with van der Waals surface area (Å²) in [6.07, 6.45) is 0. The molecule has 126 valence electrons. The Bertz CT molecular complexity index is 653. The predicted molar refractivity (Wildman–Crippen MR) is 75.6 cm³/mol. The van der Waals surface area contributed by atoms with Crippen LogP contribution in [0.4, 0.5) is 18.9 Å². The number of benzene rings is 1. The van der Waals surface area contributed by atoms with E-state index in [1.54, 1.807) is 12.1 Å². The molecule has 1 rings (SSSR count). The minimum absolute atomic E-state index is 0.142. The normalized spacial score (nSPS) is 12.4. The van der Waals surface area contributed by atoms with Crippen LogP contribution < -0.4 is 4.48 Å². The van der Waals surface area contributed by atoms with Crippen molar-refractivity contribution in [1.82, 2.24) is 4.48 Å². The summed E-state index contributed by atoms with van der Waals surface area (Å²) in [5.74, 6) is -0.997. The maximum absolute atomic E-state index is 10.7. The van der Waals surface area contributed by atoms with Crippen molar-refractivity contribution in [2.24, 2.45) is 0 Å². The van der Waals surface area contributed by atoms with Crippen molar-refractivity contribution >= 4 is 33.4 Å². The van der Waals surface area contributed by atoms with Crippen molar-refractivity contribution in [2.75, 3.05) is 21.1 Å². The van der Waals surface area contributed by atoms with Crippen LogP contribution in [0, 0.1) is 0 Å². The molecule has 0 aliphatic heterocycles. The molecule has 0 radical (unpaired) electrons. The fourth-order valence-electron chi connectivity index (χ4n) is 1.09. The van der Waals surface area contributed by atoms with Gasteiger partial charge in [0, 0.05) is 12.1 Å². The third-order valence-electron chi connectivity index (χ3n) is 2.25. The van der Waals surface area contributed by atoms with Crippen LogP contribution in [0.1, 0.15) is 10.4 Å². The summed E-state index contributed by atoms with van der Waals surface area (Å²) < 4.78 is 58.2. The van der Waals surface area contributed by atoms with E-state index in [0.29, 0.717) is 4.48 Å². The fourth-order valence-corrected chi connectivity index (χ4v) is 1.35. The molecule has 0 aliphatic carbocycles. The van der Waals surface area contributed by atoms with Crippen LogP contribution in [-0.4, -0.2) is 50.7 Å². The Morgan fingerprint density at radius 2 is 1.64 bits per heavy atom. The molecule has 0 heterocycles. The number of quaternary nitrogens is 1. The lowest BCUT2D eigenvalue weighted by molar-refractivity contribution is -0.0510. The number of nitrogens with zero attached hydrogens (tertiary/aromatic N) is 1. The first-order valence-electron chi connectivity index (χ1n) is 5.46. The molecule has 11 heteroatoms. The zero-order chi connectivity index (χ0) is 17.9. The number of hydrogen-bond acceptors (Lipinski definition) is 3. The molecule has 0 spiro atoms. The standard InChI is InChI=1S/C10H12ClNO2.CHF3O3S/c1-12(2,3)7-4-5-8(10(13)14)9(11)6-7;2-1(3,4)8(5,6)7/h4-6H,1-3H3;(H,5,6,7)/p+1. The molecule has 1 aromatic carbocycles. The lowest BCUT2D eigenvalue weighted by atomic mass is 10.2. The zero-order valence-corrected chi connectivity index (χ0v) is 13.3.